The number of thiophene rings is 1. The van der Waals surface area contributed by atoms with E-state index in [1.54, 1.807) is 0 Å². The molecule has 0 aliphatic rings. The number of benzene rings is 11. The van der Waals surface area contributed by atoms with Gasteiger partial charge in [-0.15, -0.1) is 11.3 Å². The molecule has 0 amide bonds. The largest absolute Gasteiger partial charge is 0.310 e. The summed E-state index contributed by atoms with van der Waals surface area (Å²) in [5, 5.41) is 7.63. The monoisotopic (exact) mass is 870 g/mol. The van der Waals surface area contributed by atoms with Crippen molar-refractivity contribution < 1.29 is 0 Å². The van der Waals surface area contributed by atoms with Crippen molar-refractivity contribution in [2.24, 2.45) is 0 Å². The molecular weight excluding hydrogens is 829 g/mol. The summed E-state index contributed by atoms with van der Waals surface area (Å²) in [6.45, 7) is 0. The third-order valence-corrected chi connectivity index (χ3v) is 14.6. The van der Waals surface area contributed by atoms with Crippen molar-refractivity contribution in [2.45, 2.75) is 0 Å². The Bertz CT molecular complexity index is 3920. The second-order valence-electron chi connectivity index (χ2n) is 17.3. The fourth-order valence-corrected chi connectivity index (χ4v) is 11.4. The maximum atomic E-state index is 2.43. The summed E-state index contributed by atoms with van der Waals surface area (Å²) in [5.74, 6) is 0. The van der Waals surface area contributed by atoms with Gasteiger partial charge in [0.25, 0.3) is 0 Å². The van der Waals surface area contributed by atoms with E-state index in [4.69, 9.17) is 0 Å². The molecule has 11 aromatic carbocycles. The van der Waals surface area contributed by atoms with Crippen LogP contribution in [0.25, 0.3) is 103 Å². The molecule has 0 unspecified atom stereocenters. The zero-order valence-electron chi connectivity index (χ0n) is 36.6. The minimum Gasteiger partial charge on any atom is -0.310 e. The van der Waals surface area contributed by atoms with Crippen LogP contribution < -0.4 is 4.90 Å². The molecule has 0 spiro atoms. The van der Waals surface area contributed by atoms with Gasteiger partial charge in [-0.25, -0.2) is 0 Å². The lowest BCUT2D eigenvalue weighted by atomic mass is 9.95. The lowest BCUT2D eigenvalue weighted by Gasteiger charge is -2.29. The van der Waals surface area contributed by atoms with E-state index in [0.717, 1.165) is 45.0 Å². The molecule has 0 fully saturated rings. The van der Waals surface area contributed by atoms with Gasteiger partial charge in [-0.05, 0) is 123 Å². The average molecular weight is 871 g/mol. The molecule has 2 aromatic heterocycles. The molecule has 67 heavy (non-hydrogen) atoms. The van der Waals surface area contributed by atoms with Gasteiger partial charge in [-0.3, -0.25) is 0 Å². The second kappa shape index (κ2) is 16.2. The van der Waals surface area contributed by atoms with Gasteiger partial charge in [-0.1, -0.05) is 182 Å². The topological polar surface area (TPSA) is 8.17 Å². The fourth-order valence-electron chi connectivity index (χ4n) is 10.1. The molecule has 2 heterocycles. The van der Waals surface area contributed by atoms with Crippen molar-refractivity contribution >= 4 is 81.1 Å². The molecule has 13 aromatic rings. The van der Waals surface area contributed by atoms with Gasteiger partial charge in [0.2, 0.25) is 0 Å². The van der Waals surface area contributed by atoms with Crippen LogP contribution in [0, 0.1) is 0 Å². The molecule has 0 radical (unpaired) electrons. The molecular formula is C64H42N2S. The Balaban J connectivity index is 0.956. The molecule has 0 saturated carbocycles. The number of rotatable bonds is 8. The zero-order valence-corrected chi connectivity index (χ0v) is 37.4. The van der Waals surface area contributed by atoms with E-state index in [9.17, 15) is 0 Å². The minimum atomic E-state index is 1.09. The Labute approximate surface area is 393 Å². The molecule has 0 aliphatic heterocycles. The summed E-state index contributed by atoms with van der Waals surface area (Å²) >= 11 is 1.88. The van der Waals surface area contributed by atoms with E-state index in [2.05, 4.69) is 264 Å². The van der Waals surface area contributed by atoms with Gasteiger partial charge in [0.15, 0.2) is 0 Å². The van der Waals surface area contributed by atoms with Crippen molar-refractivity contribution in [1.29, 1.82) is 0 Å². The molecule has 0 bridgehead atoms. The quantitative estimate of drug-likeness (QED) is 0.148. The Morgan fingerprint density at radius 1 is 0.313 bits per heavy atom. The number of fused-ring (bicyclic) bond motifs is 7. The summed E-state index contributed by atoms with van der Waals surface area (Å²) in [5.41, 5.74) is 16.3. The van der Waals surface area contributed by atoms with Crippen LogP contribution >= 0.6 is 11.3 Å². The molecule has 2 nitrogen and oxygen atoms in total. The predicted molar refractivity (Wildman–Crippen MR) is 288 cm³/mol. The Kier molecular flexibility index (Phi) is 9.40. The van der Waals surface area contributed by atoms with Crippen molar-refractivity contribution in [3.05, 3.63) is 255 Å². The first-order valence-electron chi connectivity index (χ1n) is 22.9. The summed E-state index contributed by atoms with van der Waals surface area (Å²) < 4.78 is 5.03. The van der Waals surface area contributed by atoms with E-state index in [1.807, 2.05) is 11.3 Å². The molecule has 0 saturated heterocycles. The van der Waals surface area contributed by atoms with E-state index < -0.39 is 0 Å². The van der Waals surface area contributed by atoms with Crippen LogP contribution in [0.5, 0.6) is 0 Å². The van der Waals surface area contributed by atoms with E-state index in [0.29, 0.717) is 0 Å². The summed E-state index contributed by atoms with van der Waals surface area (Å²) in [6.07, 6.45) is 0. The number of anilines is 3. The number of para-hydroxylation sites is 2. The Morgan fingerprint density at radius 3 is 1.61 bits per heavy atom. The highest BCUT2D eigenvalue weighted by atomic mass is 32.1. The van der Waals surface area contributed by atoms with E-state index >= 15 is 0 Å². The van der Waals surface area contributed by atoms with E-state index in [1.165, 1.54) is 75.0 Å². The van der Waals surface area contributed by atoms with Crippen molar-refractivity contribution in [3.63, 3.8) is 0 Å². The first kappa shape index (κ1) is 38.9. The SMILES string of the molecule is c1ccc(-c2cc(-c3cccc(-n4c5ccccc5c5ccccc54)c3)ccc2N(c2ccc(-c3ccc4ccccc4c3)cc2)c2ccc(-c3cccc4c3sc3ccccc34)cc2)cc1. The molecule has 314 valence electrons. The highest BCUT2D eigenvalue weighted by Crippen LogP contribution is 2.45. The maximum Gasteiger partial charge on any atom is 0.0541 e. The van der Waals surface area contributed by atoms with Crippen LogP contribution in [0.1, 0.15) is 0 Å². The van der Waals surface area contributed by atoms with Gasteiger partial charge < -0.3 is 9.47 Å². The minimum absolute atomic E-state index is 1.09. The lowest BCUT2D eigenvalue weighted by Crippen LogP contribution is -2.11. The highest BCUT2D eigenvalue weighted by Gasteiger charge is 2.20. The molecule has 0 atom stereocenters. The van der Waals surface area contributed by atoms with Crippen LogP contribution in [-0.4, -0.2) is 4.57 Å². The molecule has 13 rings (SSSR count). The first-order chi connectivity index (χ1) is 33.2. The standard InChI is InChI=1S/C64H42N2S/c1-2-15-45(16-3-1)59-42-50(48-18-12-19-53(41-48)66-60-25-9-6-20-55(60)56-21-7-10-26-61(56)66)34-39-62(59)65(51-35-30-44(31-36-51)49-29-28-43-14-4-5-17-47(43)40-49)52-37-32-46(33-38-52)54-23-13-24-58-57-22-8-11-27-63(57)67-64(54)58/h1-42H. The summed E-state index contributed by atoms with van der Waals surface area (Å²) in [4.78, 5) is 2.43. The third-order valence-electron chi connectivity index (χ3n) is 13.4. The van der Waals surface area contributed by atoms with Crippen molar-refractivity contribution in [3.8, 4) is 50.2 Å². The van der Waals surface area contributed by atoms with Crippen molar-refractivity contribution in [1.82, 2.24) is 4.57 Å². The van der Waals surface area contributed by atoms with Gasteiger partial charge in [-0.2, -0.15) is 0 Å². The van der Waals surface area contributed by atoms with Crippen LogP contribution in [0.4, 0.5) is 17.1 Å². The first-order valence-corrected chi connectivity index (χ1v) is 23.7. The predicted octanol–water partition coefficient (Wildman–Crippen LogP) is 18.4. The molecule has 0 aliphatic carbocycles. The summed E-state index contributed by atoms with van der Waals surface area (Å²) in [6, 6.07) is 93.2. The second-order valence-corrected chi connectivity index (χ2v) is 18.3. The lowest BCUT2D eigenvalue weighted by molar-refractivity contribution is 1.18. The molecule has 0 N–H and O–H groups in total. The summed E-state index contributed by atoms with van der Waals surface area (Å²) in [7, 11) is 0. The van der Waals surface area contributed by atoms with Crippen molar-refractivity contribution in [2.75, 3.05) is 4.90 Å². The van der Waals surface area contributed by atoms with Crippen LogP contribution in [0.15, 0.2) is 255 Å². The number of nitrogens with zero attached hydrogens (tertiary/aromatic N) is 2. The van der Waals surface area contributed by atoms with Gasteiger partial charge in [0, 0.05) is 53.6 Å². The Morgan fingerprint density at radius 2 is 0.851 bits per heavy atom. The zero-order chi connectivity index (χ0) is 44.3. The number of hydrogen-bond acceptors (Lipinski definition) is 2. The van der Waals surface area contributed by atoms with Crippen LogP contribution in [-0.2, 0) is 0 Å². The Hall–Kier alpha value is -8.50. The van der Waals surface area contributed by atoms with Gasteiger partial charge in [0.05, 0.1) is 16.7 Å². The average Bonchev–Trinajstić information content (AvgIpc) is 3.96. The van der Waals surface area contributed by atoms with Crippen LogP contribution in [0.3, 0.4) is 0 Å². The van der Waals surface area contributed by atoms with E-state index in [-0.39, 0.29) is 0 Å². The fraction of sp³-hybridized carbons (Fsp3) is 0. The number of aromatic nitrogens is 1. The third kappa shape index (κ3) is 6.79. The maximum absolute atomic E-state index is 2.43. The molecule has 3 heteroatoms. The van der Waals surface area contributed by atoms with Crippen LogP contribution in [0.2, 0.25) is 0 Å². The van der Waals surface area contributed by atoms with Gasteiger partial charge in [0.1, 0.15) is 0 Å². The van der Waals surface area contributed by atoms with Gasteiger partial charge >= 0.3 is 0 Å². The number of hydrogen-bond donors (Lipinski definition) is 0. The highest BCUT2D eigenvalue weighted by molar-refractivity contribution is 7.26. The normalized spacial score (nSPS) is 11.6. The smallest absolute Gasteiger partial charge is 0.0541 e.